The van der Waals surface area contributed by atoms with Crippen molar-refractivity contribution in [3.8, 4) is 30.6 Å². The van der Waals surface area contributed by atoms with Gasteiger partial charge in [-0.2, -0.15) is 0 Å². The normalized spacial score (nSPS) is 15.4. The van der Waals surface area contributed by atoms with Gasteiger partial charge in [0.05, 0.1) is 22.3 Å². The summed E-state index contributed by atoms with van der Waals surface area (Å²) in [5, 5.41) is 0. The first-order valence-electron chi connectivity index (χ1n) is 17.5. The van der Waals surface area contributed by atoms with Crippen LogP contribution in [0.4, 0.5) is 0 Å². The van der Waals surface area contributed by atoms with Gasteiger partial charge in [0.25, 0.3) is 23.6 Å². The molecule has 2 aromatic heterocycles. The highest BCUT2D eigenvalue weighted by atomic mass is 32.1. The number of fused-ring (bicyclic) bond motifs is 2. The van der Waals surface area contributed by atoms with Gasteiger partial charge in [-0.3, -0.25) is 29.0 Å². The molecule has 2 aromatic carbocycles. The van der Waals surface area contributed by atoms with Crippen molar-refractivity contribution >= 4 is 46.3 Å². The zero-order valence-corrected chi connectivity index (χ0v) is 30.0. The van der Waals surface area contributed by atoms with Crippen molar-refractivity contribution in [2.45, 2.75) is 79.1 Å². The van der Waals surface area contributed by atoms with Crippen LogP contribution in [0.1, 0.15) is 120 Å². The van der Waals surface area contributed by atoms with Crippen LogP contribution in [0, 0.1) is 11.8 Å². The molecule has 2 unspecified atom stereocenters. The maximum atomic E-state index is 13.4. The van der Waals surface area contributed by atoms with Crippen LogP contribution in [-0.2, 0) is 0 Å². The van der Waals surface area contributed by atoms with Crippen LogP contribution in [0.3, 0.4) is 0 Å². The van der Waals surface area contributed by atoms with Gasteiger partial charge in [-0.25, -0.2) is 0 Å². The molecule has 0 aliphatic carbocycles. The zero-order valence-electron chi connectivity index (χ0n) is 28.3. The summed E-state index contributed by atoms with van der Waals surface area (Å²) in [7, 11) is 0. The summed E-state index contributed by atoms with van der Waals surface area (Å²) in [6, 6.07) is 19.5. The van der Waals surface area contributed by atoms with Gasteiger partial charge < -0.3 is 0 Å². The third-order valence-electron chi connectivity index (χ3n) is 9.93. The van der Waals surface area contributed by atoms with E-state index in [2.05, 4.69) is 52.0 Å². The molecule has 6 rings (SSSR count). The lowest BCUT2D eigenvalue weighted by Gasteiger charge is -2.21. The van der Waals surface area contributed by atoms with Crippen LogP contribution in [0.25, 0.3) is 30.6 Å². The molecule has 0 bridgehead atoms. The average molecular weight is 681 g/mol. The largest absolute Gasteiger partial charge is 0.274 e. The lowest BCUT2D eigenvalue weighted by atomic mass is 9.99. The molecule has 0 fully saturated rings. The molecule has 0 radical (unpaired) electrons. The van der Waals surface area contributed by atoms with E-state index in [0.717, 1.165) is 82.0 Å². The maximum absolute atomic E-state index is 13.4. The zero-order chi connectivity index (χ0) is 33.9. The van der Waals surface area contributed by atoms with Gasteiger partial charge in [0, 0.05) is 32.6 Å². The van der Waals surface area contributed by atoms with Crippen molar-refractivity contribution in [1.82, 2.24) is 9.80 Å². The number of hydrogen-bond acceptors (Lipinski definition) is 6. The summed E-state index contributed by atoms with van der Waals surface area (Å²) in [6.07, 6.45) is 8.35. The second-order valence-electron chi connectivity index (χ2n) is 13.1. The Morgan fingerprint density at radius 2 is 0.875 bits per heavy atom. The lowest BCUT2D eigenvalue weighted by Crippen LogP contribution is -2.34. The fraction of sp³-hybridized carbons (Fsp3) is 0.400. The summed E-state index contributed by atoms with van der Waals surface area (Å²) >= 11 is 3.30. The summed E-state index contributed by atoms with van der Waals surface area (Å²) in [5.74, 6) is -0.0958. The molecule has 6 nitrogen and oxygen atoms in total. The summed E-state index contributed by atoms with van der Waals surface area (Å²) < 4.78 is 0. The quantitative estimate of drug-likeness (QED) is 0.117. The molecular formula is C40H44N2O4S2. The van der Waals surface area contributed by atoms with Gasteiger partial charge in [-0.05, 0) is 84.3 Å². The van der Waals surface area contributed by atoms with Crippen molar-refractivity contribution in [3.63, 3.8) is 0 Å². The Kier molecular flexibility index (Phi) is 10.4. The number of carbonyl (C=O) groups is 4. The highest BCUT2D eigenvalue weighted by molar-refractivity contribution is 7.25. The first kappa shape index (κ1) is 34.0. The standard InChI is InChI=1S/C40H44N2O4S2/c1-5-9-11-25(7-3)23-41-37(43)29-15-13-27(21-31(29)39(41)45)33-17-19-35(47-33)36-20-18-34(48-36)28-14-16-30-32(22-28)40(46)42(38(30)44)24-26(8-4)12-10-6-2/h13-22,25-26H,5-12,23-24H2,1-4H3. The van der Waals surface area contributed by atoms with Gasteiger partial charge in [0.1, 0.15) is 0 Å². The minimum absolute atomic E-state index is 0.183. The van der Waals surface area contributed by atoms with Gasteiger partial charge in [-0.1, -0.05) is 78.4 Å². The van der Waals surface area contributed by atoms with Crippen LogP contribution in [0.15, 0.2) is 60.7 Å². The summed E-state index contributed by atoms with van der Waals surface area (Å²) in [6.45, 7) is 9.54. The Morgan fingerprint density at radius 1 is 0.500 bits per heavy atom. The fourth-order valence-corrected chi connectivity index (χ4v) is 8.92. The SMILES string of the molecule is CCCCC(CC)CN1C(=O)c2ccc(-c3ccc(-c4ccc(-c5ccc6c(c5)C(=O)N(CC(CC)CCCC)C6=O)s4)s3)cc2C1=O. The maximum Gasteiger partial charge on any atom is 0.261 e. The Bertz CT molecular complexity index is 1720. The minimum atomic E-state index is -0.189. The summed E-state index contributed by atoms with van der Waals surface area (Å²) in [4.78, 5) is 60.2. The van der Waals surface area contributed by atoms with E-state index in [1.165, 1.54) is 9.80 Å². The van der Waals surface area contributed by atoms with Crippen molar-refractivity contribution < 1.29 is 19.2 Å². The van der Waals surface area contributed by atoms with E-state index in [4.69, 9.17) is 0 Å². The molecule has 2 aliphatic heterocycles. The molecule has 0 saturated carbocycles. The van der Waals surface area contributed by atoms with Crippen LogP contribution in [0.5, 0.6) is 0 Å². The van der Waals surface area contributed by atoms with Crippen molar-refractivity contribution in [1.29, 1.82) is 0 Å². The first-order chi connectivity index (χ1) is 23.3. The van der Waals surface area contributed by atoms with Crippen LogP contribution < -0.4 is 0 Å². The van der Waals surface area contributed by atoms with E-state index in [9.17, 15) is 19.2 Å². The number of imide groups is 2. The Hall–Kier alpha value is -3.88. The van der Waals surface area contributed by atoms with E-state index >= 15 is 0 Å². The second kappa shape index (κ2) is 14.7. The molecule has 4 amide bonds. The van der Waals surface area contributed by atoms with E-state index in [0.29, 0.717) is 47.2 Å². The first-order valence-corrected chi connectivity index (χ1v) is 19.1. The predicted octanol–water partition coefficient (Wildman–Crippen LogP) is 10.4. The average Bonchev–Trinajstić information content (AvgIpc) is 3.89. The molecule has 4 heterocycles. The van der Waals surface area contributed by atoms with Gasteiger partial charge >= 0.3 is 0 Å². The number of nitrogens with zero attached hydrogens (tertiary/aromatic N) is 2. The molecule has 2 aliphatic rings. The molecule has 0 N–H and O–H groups in total. The molecule has 8 heteroatoms. The lowest BCUT2D eigenvalue weighted by molar-refractivity contribution is 0.0609. The third-order valence-corrected chi connectivity index (χ3v) is 12.4. The summed E-state index contributed by atoms with van der Waals surface area (Å²) in [5.41, 5.74) is 3.82. The second-order valence-corrected chi connectivity index (χ2v) is 15.3. The molecule has 4 aromatic rings. The number of carbonyl (C=O) groups excluding carboxylic acids is 4. The molecular weight excluding hydrogens is 637 g/mol. The monoisotopic (exact) mass is 680 g/mol. The number of amides is 4. The Balaban J connectivity index is 1.17. The van der Waals surface area contributed by atoms with Crippen LogP contribution in [-0.4, -0.2) is 46.5 Å². The number of benzene rings is 2. The number of thiophene rings is 2. The highest BCUT2D eigenvalue weighted by Crippen LogP contribution is 2.42. The van der Waals surface area contributed by atoms with Crippen molar-refractivity contribution in [2.75, 3.05) is 13.1 Å². The Morgan fingerprint density at radius 3 is 1.25 bits per heavy atom. The van der Waals surface area contributed by atoms with Gasteiger partial charge in [0.2, 0.25) is 0 Å². The topological polar surface area (TPSA) is 74.8 Å². The van der Waals surface area contributed by atoms with Crippen LogP contribution in [0.2, 0.25) is 0 Å². The molecule has 48 heavy (non-hydrogen) atoms. The number of unbranched alkanes of at least 4 members (excludes halogenated alkanes) is 2. The van der Waals surface area contributed by atoms with Gasteiger partial charge in [0.15, 0.2) is 0 Å². The van der Waals surface area contributed by atoms with Crippen LogP contribution >= 0.6 is 22.7 Å². The van der Waals surface area contributed by atoms with Gasteiger partial charge in [-0.15, -0.1) is 22.7 Å². The molecule has 0 spiro atoms. The molecule has 250 valence electrons. The van der Waals surface area contributed by atoms with E-state index < -0.39 is 0 Å². The highest BCUT2D eigenvalue weighted by Gasteiger charge is 2.38. The number of rotatable bonds is 15. The molecule has 0 saturated heterocycles. The smallest absolute Gasteiger partial charge is 0.261 e. The minimum Gasteiger partial charge on any atom is -0.274 e. The van der Waals surface area contributed by atoms with Crippen molar-refractivity contribution in [3.05, 3.63) is 82.9 Å². The Labute approximate surface area is 291 Å². The molecule has 2 atom stereocenters. The number of hydrogen-bond donors (Lipinski definition) is 0. The fourth-order valence-electron chi connectivity index (χ4n) is 6.82. The van der Waals surface area contributed by atoms with E-state index in [1.54, 1.807) is 34.8 Å². The van der Waals surface area contributed by atoms with Crippen molar-refractivity contribution in [2.24, 2.45) is 11.8 Å². The third kappa shape index (κ3) is 6.57. The predicted molar refractivity (Wildman–Crippen MR) is 196 cm³/mol. The van der Waals surface area contributed by atoms with E-state index in [1.807, 2.05) is 24.3 Å². The van der Waals surface area contributed by atoms with E-state index in [-0.39, 0.29) is 23.6 Å².